The van der Waals surface area contributed by atoms with E-state index in [1.165, 1.54) is 0 Å². The lowest BCUT2D eigenvalue weighted by molar-refractivity contribution is 0.102. The van der Waals surface area contributed by atoms with Crippen molar-refractivity contribution in [1.29, 1.82) is 0 Å². The lowest BCUT2D eigenvalue weighted by Gasteiger charge is -2.22. The van der Waals surface area contributed by atoms with Crippen molar-refractivity contribution >= 4 is 23.4 Å². The van der Waals surface area contributed by atoms with Crippen molar-refractivity contribution in [1.82, 2.24) is 20.3 Å². The molecule has 0 saturated carbocycles. The maximum absolute atomic E-state index is 12.3. The Morgan fingerprint density at radius 2 is 2.23 bits per heavy atom. The Balaban J connectivity index is 1.68. The van der Waals surface area contributed by atoms with E-state index in [0.29, 0.717) is 11.7 Å². The molecule has 22 heavy (non-hydrogen) atoms. The average Bonchev–Trinajstić information content (AvgIpc) is 3.06. The molecule has 1 aromatic heterocycles. The van der Waals surface area contributed by atoms with Crippen molar-refractivity contribution in [3.63, 3.8) is 0 Å². The summed E-state index contributed by atoms with van der Waals surface area (Å²) in [6.07, 6.45) is 5.77. The normalized spacial score (nSPS) is 15.7. The van der Waals surface area contributed by atoms with Gasteiger partial charge in [0.2, 0.25) is 0 Å². The number of hydrogen-bond acceptors (Lipinski definition) is 5. The second kappa shape index (κ2) is 6.93. The van der Waals surface area contributed by atoms with Gasteiger partial charge in [0.1, 0.15) is 0 Å². The first-order valence-corrected chi connectivity index (χ1v) is 8.56. The number of nitrogens with one attached hydrogen (secondary N) is 2. The molecule has 116 valence electrons. The molecule has 3 rings (SSSR count). The molecule has 0 bridgehead atoms. The van der Waals surface area contributed by atoms with Crippen LogP contribution in [-0.2, 0) is 0 Å². The largest absolute Gasteiger partial charge is 0.321 e. The molecule has 1 aliphatic heterocycles. The van der Waals surface area contributed by atoms with Crippen molar-refractivity contribution in [3.05, 3.63) is 36.2 Å². The molecular formula is C15H19N5OS. The van der Waals surface area contributed by atoms with Crippen LogP contribution in [0, 0.1) is 0 Å². The quantitative estimate of drug-likeness (QED) is 0.846. The summed E-state index contributed by atoms with van der Waals surface area (Å²) in [6, 6.07) is 8.07. The van der Waals surface area contributed by atoms with Crippen LogP contribution in [-0.4, -0.2) is 40.2 Å². The molecule has 7 heteroatoms. The number of nitrogens with zero attached hydrogens (tertiary/aromatic N) is 3. The Bertz CT molecular complexity index is 651. The van der Waals surface area contributed by atoms with E-state index in [-0.39, 0.29) is 5.91 Å². The monoisotopic (exact) mass is 317 g/mol. The SMILES string of the molecule is CSc1cccc(NC(=O)c2cn(C3CCNCC3)nn2)c1. The molecule has 0 atom stereocenters. The predicted molar refractivity (Wildman–Crippen MR) is 87.3 cm³/mol. The van der Waals surface area contributed by atoms with Gasteiger partial charge < -0.3 is 10.6 Å². The molecule has 1 aliphatic rings. The number of piperidine rings is 1. The Morgan fingerprint density at radius 1 is 1.41 bits per heavy atom. The fourth-order valence-electron chi connectivity index (χ4n) is 2.53. The second-order valence-corrected chi connectivity index (χ2v) is 6.13. The summed E-state index contributed by atoms with van der Waals surface area (Å²) in [4.78, 5) is 13.4. The van der Waals surface area contributed by atoms with Crippen LogP contribution >= 0.6 is 11.8 Å². The molecule has 2 N–H and O–H groups in total. The van der Waals surface area contributed by atoms with Gasteiger partial charge in [-0.1, -0.05) is 11.3 Å². The van der Waals surface area contributed by atoms with E-state index in [0.717, 1.165) is 36.5 Å². The number of rotatable bonds is 4. The highest BCUT2D eigenvalue weighted by atomic mass is 32.2. The summed E-state index contributed by atoms with van der Waals surface area (Å²) in [7, 11) is 0. The van der Waals surface area contributed by atoms with E-state index in [4.69, 9.17) is 0 Å². The molecule has 0 spiro atoms. The fourth-order valence-corrected chi connectivity index (χ4v) is 2.99. The second-order valence-electron chi connectivity index (χ2n) is 5.25. The van der Waals surface area contributed by atoms with Gasteiger partial charge in [-0.3, -0.25) is 4.79 Å². The van der Waals surface area contributed by atoms with E-state index >= 15 is 0 Å². The van der Waals surface area contributed by atoms with Gasteiger partial charge in [-0.05, 0) is 50.4 Å². The Hall–Kier alpha value is -1.86. The summed E-state index contributed by atoms with van der Waals surface area (Å²) in [5.74, 6) is -0.224. The van der Waals surface area contributed by atoms with Crippen molar-refractivity contribution < 1.29 is 4.79 Å². The topological polar surface area (TPSA) is 71.8 Å². The Kier molecular flexibility index (Phi) is 4.74. The first-order valence-electron chi connectivity index (χ1n) is 7.34. The smallest absolute Gasteiger partial charge is 0.277 e. The van der Waals surface area contributed by atoms with Gasteiger partial charge in [-0.15, -0.1) is 16.9 Å². The molecule has 0 unspecified atom stereocenters. The van der Waals surface area contributed by atoms with Gasteiger partial charge in [0.15, 0.2) is 5.69 Å². The Labute approximate surface area is 133 Å². The highest BCUT2D eigenvalue weighted by Crippen LogP contribution is 2.20. The summed E-state index contributed by atoms with van der Waals surface area (Å²) in [5.41, 5.74) is 1.13. The molecule has 2 aromatic rings. The standard InChI is InChI=1S/C15H19N5OS/c1-22-13-4-2-3-11(9-13)17-15(21)14-10-20(19-18-14)12-5-7-16-8-6-12/h2-4,9-10,12,16H,5-8H2,1H3,(H,17,21). The van der Waals surface area contributed by atoms with E-state index in [1.807, 2.05) is 35.2 Å². The van der Waals surface area contributed by atoms with Crippen LogP contribution in [0.25, 0.3) is 0 Å². The number of carbonyl (C=O) groups is 1. The molecule has 6 nitrogen and oxygen atoms in total. The number of hydrogen-bond donors (Lipinski definition) is 2. The van der Waals surface area contributed by atoms with E-state index in [1.54, 1.807) is 18.0 Å². The average molecular weight is 317 g/mol. The van der Waals surface area contributed by atoms with E-state index in [9.17, 15) is 4.79 Å². The van der Waals surface area contributed by atoms with E-state index in [2.05, 4.69) is 20.9 Å². The van der Waals surface area contributed by atoms with Gasteiger partial charge in [0.25, 0.3) is 5.91 Å². The zero-order chi connectivity index (χ0) is 15.4. The fraction of sp³-hybridized carbons (Fsp3) is 0.400. The van der Waals surface area contributed by atoms with Crippen molar-refractivity contribution in [2.24, 2.45) is 0 Å². The van der Waals surface area contributed by atoms with Crippen LogP contribution in [0.5, 0.6) is 0 Å². The third-order valence-electron chi connectivity index (χ3n) is 3.75. The van der Waals surface area contributed by atoms with Crippen LogP contribution < -0.4 is 10.6 Å². The number of anilines is 1. The molecule has 1 fully saturated rings. The van der Waals surface area contributed by atoms with Crippen molar-refractivity contribution in [2.45, 2.75) is 23.8 Å². The van der Waals surface area contributed by atoms with Crippen LogP contribution in [0.3, 0.4) is 0 Å². The number of aromatic nitrogens is 3. The summed E-state index contributed by atoms with van der Waals surface area (Å²) in [6.45, 7) is 1.96. The van der Waals surface area contributed by atoms with Crippen molar-refractivity contribution in [3.8, 4) is 0 Å². The summed E-state index contributed by atoms with van der Waals surface area (Å²) >= 11 is 1.64. The lowest BCUT2D eigenvalue weighted by Crippen LogP contribution is -2.29. The zero-order valence-electron chi connectivity index (χ0n) is 12.5. The molecular weight excluding hydrogens is 298 g/mol. The number of benzene rings is 1. The number of carbonyl (C=O) groups excluding carboxylic acids is 1. The highest BCUT2D eigenvalue weighted by Gasteiger charge is 2.18. The minimum atomic E-state index is -0.224. The highest BCUT2D eigenvalue weighted by molar-refractivity contribution is 7.98. The molecule has 1 saturated heterocycles. The molecule has 0 aliphatic carbocycles. The van der Waals surface area contributed by atoms with Gasteiger partial charge in [-0.25, -0.2) is 4.68 Å². The molecule has 2 heterocycles. The number of thioether (sulfide) groups is 1. The molecule has 0 radical (unpaired) electrons. The Morgan fingerprint density at radius 3 is 3.00 bits per heavy atom. The van der Waals surface area contributed by atoms with Crippen LogP contribution in [0.4, 0.5) is 5.69 Å². The van der Waals surface area contributed by atoms with Gasteiger partial charge in [-0.2, -0.15) is 0 Å². The third-order valence-corrected chi connectivity index (χ3v) is 4.48. The maximum Gasteiger partial charge on any atom is 0.277 e. The van der Waals surface area contributed by atoms with Gasteiger partial charge in [0.05, 0.1) is 12.2 Å². The van der Waals surface area contributed by atoms with Crippen molar-refractivity contribution in [2.75, 3.05) is 24.7 Å². The third kappa shape index (κ3) is 3.48. The predicted octanol–water partition coefficient (Wildman–Crippen LogP) is 2.18. The summed E-state index contributed by atoms with van der Waals surface area (Å²) in [5, 5.41) is 14.3. The van der Waals surface area contributed by atoms with E-state index < -0.39 is 0 Å². The molecule has 1 amide bonds. The first kappa shape index (κ1) is 15.1. The summed E-state index contributed by atoms with van der Waals surface area (Å²) < 4.78 is 1.81. The number of amides is 1. The van der Waals surface area contributed by atoms with Crippen LogP contribution in [0.2, 0.25) is 0 Å². The minimum Gasteiger partial charge on any atom is -0.321 e. The van der Waals surface area contributed by atoms with Crippen LogP contribution in [0.1, 0.15) is 29.4 Å². The maximum atomic E-state index is 12.3. The lowest BCUT2D eigenvalue weighted by atomic mass is 10.1. The minimum absolute atomic E-state index is 0.224. The van der Waals surface area contributed by atoms with Gasteiger partial charge in [0, 0.05) is 10.6 Å². The first-order chi connectivity index (χ1) is 10.8. The van der Waals surface area contributed by atoms with Crippen LogP contribution in [0.15, 0.2) is 35.4 Å². The molecule has 1 aromatic carbocycles. The zero-order valence-corrected chi connectivity index (χ0v) is 13.3. The van der Waals surface area contributed by atoms with Gasteiger partial charge >= 0.3 is 0 Å².